The Labute approximate surface area is 127 Å². The Hall–Kier alpha value is -2.44. The molecule has 0 saturated heterocycles. The molecule has 0 atom stereocenters. The van der Waals surface area contributed by atoms with Gasteiger partial charge in [0.1, 0.15) is 12.7 Å². The zero-order valence-corrected chi connectivity index (χ0v) is 10.3. The fraction of sp³-hybridized carbons (Fsp3) is 0.385. The minimum Gasteiger partial charge on any atom is -0.337 e. The normalized spacial score (nSPS) is 19.2. The minimum absolute atomic E-state index is 0.806. The molecule has 0 aromatic carbocycles. The molecule has 20 heavy (non-hydrogen) atoms. The van der Waals surface area contributed by atoms with E-state index in [9.17, 15) is 9.59 Å². The molecule has 0 fully saturated rings. The number of nitrogens with one attached hydrogen (secondary N) is 1. The van der Waals surface area contributed by atoms with Gasteiger partial charge in [0, 0.05) is 48.7 Å². The molecule has 0 spiro atoms. The van der Waals surface area contributed by atoms with E-state index >= 15 is 0 Å². The van der Waals surface area contributed by atoms with Gasteiger partial charge in [-0.25, -0.2) is 14.8 Å². The number of imidazole rings is 2. The van der Waals surface area contributed by atoms with Crippen LogP contribution in [0.2, 0.25) is 0 Å². The number of carbonyl (C=O) groups excluding carboxylic acids is 2. The van der Waals surface area contributed by atoms with Crippen LogP contribution in [0.4, 0.5) is 4.79 Å². The number of amides is 1. The van der Waals surface area contributed by atoms with Crippen LogP contribution >= 0.6 is 0 Å². The van der Waals surface area contributed by atoms with Crippen LogP contribution in [0, 0.1) is 0 Å². The lowest BCUT2D eigenvalue weighted by molar-refractivity contribution is 0.0898. The summed E-state index contributed by atoms with van der Waals surface area (Å²) in [6.45, 7) is -3.33. The molecule has 0 aliphatic rings. The minimum atomic E-state index is -3.56. The van der Waals surface area contributed by atoms with Crippen molar-refractivity contribution in [3.05, 3.63) is 37.4 Å². The summed E-state index contributed by atoms with van der Waals surface area (Å²) < 4.78 is 65.0. The van der Waals surface area contributed by atoms with Crippen molar-refractivity contribution in [1.29, 1.82) is 0 Å². The molecule has 2 aromatic rings. The fourth-order valence-electron chi connectivity index (χ4n) is 1.22. The fourth-order valence-corrected chi connectivity index (χ4v) is 1.22. The van der Waals surface area contributed by atoms with Crippen molar-refractivity contribution in [2.75, 3.05) is 6.50 Å². The maximum absolute atomic E-state index is 12.1. The average molecular weight is 283 g/mol. The van der Waals surface area contributed by atoms with Gasteiger partial charge in [-0.1, -0.05) is 6.37 Å². The summed E-state index contributed by atoms with van der Waals surface area (Å²) in [5.41, 5.74) is 0. The van der Waals surface area contributed by atoms with Crippen molar-refractivity contribution in [3.8, 4) is 0 Å². The van der Waals surface area contributed by atoms with Crippen molar-refractivity contribution in [2.24, 2.45) is 0 Å². The number of nitrogens with zero attached hydrogens (tertiary/aromatic N) is 4. The van der Waals surface area contributed by atoms with Gasteiger partial charge in [0.05, 0.1) is 0 Å². The molecule has 0 saturated carbocycles. The molecule has 0 aliphatic carbocycles. The molecule has 7 nitrogen and oxygen atoms in total. The SMILES string of the molecule is [2H]C([2H])(CC(=O)n1ccnc1)C([2H])([2H])C([2H])([2H])C([2H])([2H])NC(=O)n1ccnc1. The van der Waals surface area contributed by atoms with Crippen LogP contribution in [0.3, 0.4) is 0 Å². The summed E-state index contributed by atoms with van der Waals surface area (Å²) in [6, 6.07) is -1.13. The lowest BCUT2D eigenvalue weighted by atomic mass is 10.2. The first kappa shape index (κ1) is 6.83. The Morgan fingerprint density at radius 2 is 1.75 bits per heavy atom. The summed E-state index contributed by atoms with van der Waals surface area (Å²) in [5, 5.41) is 1.69. The molecule has 106 valence electrons. The third-order valence-corrected chi connectivity index (χ3v) is 2.15. The number of hydrogen-bond donors (Lipinski definition) is 1. The standard InChI is InChI=1S/C13H17N5O2/c19-12(17-8-6-14-10-17)4-2-1-3-5-16-13(20)18-9-7-15-11-18/h6-11H,1-5H2,(H,16,20)/i1D2,2D2,3D2,5D2. The first-order chi connectivity index (χ1) is 12.7. The lowest BCUT2D eigenvalue weighted by Gasteiger charge is -2.05. The van der Waals surface area contributed by atoms with E-state index in [0.29, 0.717) is 0 Å². The molecule has 2 rings (SSSR count). The van der Waals surface area contributed by atoms with Crippen molar-refractivity contribution in [3.63, 3.8) is 0 Å². The van der Waals surface area contributed by atoms with Gasteiger partial charge < -0.3 is 5.32 Å². The van der Waals surface area contributed by atoms with Crippen LogP contribution in [0.5, 0.6) is 0 Å². The van der Waals surface area contributed by atoms with Gasteiger partial charge in [-0.15, -0.1) is 0 Å². The van der Waals surface area contributed by atoms with Crippen LogP contribution in [0.25, 0.3) is 0 Å². The van der Waals surface area contributed by atoms with E-state index < -0.39 is 44.0 Å². The first-order valence-corrected chi connectivity index (χ1v) is 5.54. The predicted octanol–water partition coefficient (Wildman–Crippen LogP) is 1.54. The van der Waals surface area contributed by atoms with E-state index in [4.69, 9.17) is 11.0 Å². The second-order valence-electron chi connectivity index (χ2n) is 3.49. The highest BCUT2D eigenvalue weighted by Gasteiger charge is 2.04. The van der Waals surface area contributed by atoms with Crippen LogP contribution < -0.4 is 5.32 Å². The highest BCUT2D eigenvalue weighted by atomic mass is 16.2. The molecule has 7 heteroatoms. The quantitative estimate of drug-likeness (QED) is 0.871. The topological polar surface area (TPSA) is 81.8 Å². The Morgan fingerprint density at radius 1 is 1.05 bits per heavy atom. The zero-order chi connectivity index (χ0) is 21.4. The number of carbonyl (C=O) groups is 2. The summed E-state index contributed by atoms with van der Waals surface area (Å²) in [4.78, 5) is 31.3. The monoisotopic (exact) mass is 283 g/mol. The predicted molar refractivity (Wildman–Crippen MR) is 72.3 cm³/mol. The second kappa shape index (κ2) is 7.22. The Kier molecular flexibility index (Phi) is 2.47. The van der Waals surface area contributed by atoms with Crippen LogP contribution in [-0.2, 0) is 0 Å². The van der Waals surface area contributed by atoms with Gasteiger partial charge in [0.25, 0.3) is 0 Å². The number of aromatic nitrogens is 4. The third kappa shape index (κ3) is 4.04. The van der Waals surface area contributed by atoms with E-state index in [1.165, 1.54) is 24.8 Å². The maximum atomic E-state index is 12.1. The van der Waals surface area contributed by atoms with Gasteiger partial charge in [0.15, 0.2) is 0 Å². The molecule has 2 aromatic heterocycles. The van der Waals surface area contributed by atoms with Crippen LogP contribution in [-0.4, -0.2) is 37.5 Å². The summed E-state index contributed by atoms with van der Waals surface area (Å²) in [6.07, 6.45) is -4.31. The summed E-state index contributed by atoms with van der Waals surface area (Å²) in [5.74, 6) is -0.898. The van der Waals surface area contributed by atoms with Crippen molar-refractivity contribution in [1.82, 2.24) is 24.4 Å². The Bertz CT molecular complexity index is 765. The van der Waals surface area contributed by atoms with E-state index in [1.807, 2.05) is 0 Å². The zero-order valence-electron chi connectivity index (χ0n) is 18.3. The van der Waals surface area contributed by atoms with Gasteiger partial charge in [-0.2, -0.15) is 0 Å². The number of rotatable bonds is 6. The van der Waals surface area contributed by atoms with Gasteiger partial charge in [-0.05, 0) is 12.7 Å². The molecule has 2 heterocycles. The Balaban J connectivity index is 2.26. The molecule has 0 aliphatic heterocycles. The summed E-state index contributed by atoms with van der Waals surface area (Å²) >= 11 is 0. The molecule has 0 radical (unpaired) electrons. The molecular formula is C13H17N5O2. The average Bonchev–Trinajstić information content (AvgIpc) is 3.27. The van der Waals surface area contributed by atoms with Gasteiger partial charge in [0.2, 0.25) is 5.91 Å². The second-order valence-corrected chi connectivity index (χ2v) is 3.49. The van der Waals surface area contributed by atoms with Gasteiger partial charge >= 0.3 is 6.03 Å². The first-order valence-electron chi connectivity index (χ1n) is 9.54. The van der Waals surface area contributed by atoms with E-state index in [2.05, 4.69) is 9.97 Å². The highest BCUT2D eigenvalue weighted by Crippen LogP contribution is 2.02. The molecule has 0 bridgehead atoms. The van der Waals surface area contributed by atoms with Crippen LogP contribution in [0.1, 0.15) is 41.3 Å². The van der Waals surface area contributed by atoms with Crippen molar-refractivity contribution in [2.45, 2.75) is 25.5 Å². The summed E-state index contributed by atoms with van der Waals surface area (Å²) in [7, 11) is 0. The van der Waals surface area contributed by atoms with E-state index in [0.717, 1.165) is 21.8 Å². The van der Waals surface area contributed by atoms with Crippen molar-refractivity contribution < 1.29 is 20.6 Å². The molecule has 1 N–H and O–H groups in total. The van der Waals surface area contributed by atoms with E-state index in [1.54, 1.807) is 5.32 Å². The molecule has 0 unspecified atom stereocenters. The smallest absolute Gasteiger partial charge is 0.326 e. The number of hydrogen-bond acceptors (Lipinski definition) is 4. The molecular weight excluding hydrogens is 258 g/mol. The van der Waals surface area contributed by atoms with Gasteiger partial charge in [-0.3, -0.25) is 13.9 Å². The Morgan fingerprint density at radius 3 is 2.40 bits per heavy atom. The highest BCUT2D eigenvalue weighted by molar-refractivity contribution is 5.78. The van der Waals surface area contributed by atoms with Crippen LogP contribution in [0.15, 0.2) is 37.4 Å². The molecule has 1 amide bonds. The maximum Gasteiger partial charge on any atom is 0.326 e. The van der Waals surface area contributed by atoms with Crippen molar-refractivity contribution >= 4 is 11.9 Å². The third-order valence-electron chi connectivity index (χ3n) is 2.15. The lowest BCUT2D eigenvalue weighted by Crippen LogP contribution is -2.28. The largest absolute Gasteiger partial charge is 0.337 e. The van der Waals surface area contributed by atoms with E-state index in [-0.39, 0.29) is 0 Å².